The standard InChI is InChI=1S/C23H28N2O.C4H4O4/c1-24-14-16-25(17-15-24)13-12-19-8-11-23-21(4-3-5-22(19)23)18-6-9-20(26-2)10-7-18;5-3(6)1-2-4(7)8/h3-10H,11-17H2,1-2H3;1-2H,(H,5,6)(H,7,8). The zero-order valence-electron chi connectivity index (χ0n) is 19.7. The summed E-state index contributed by atoms with van der Waals surface area (Å²) in [6.07, 6.45) is 5.76. The van der Waals surface area contributed by atoms with Crippen LogP contribution in [0.25, 0.3) is 16.7 Å². The van der Waals surface area contributed by atoms with Crippen molar-refractivity contribution in [3.05, 3.63) is 71.8 Å². The lowest BCUT2D eigenvalue weighted by Crippen LogP contribution is -2.44. The molecule has 2 aliphatic rings. The Balaban J connectivity index is 0.000000350. The van der Waals surface area contributed by atoms with E-state index in [-0.39, 0.29) is 0 Å². The molecule has 4 rings (SSSR count). The second kappa shape index (κ2) is 12.2. The van der Waals surface area contributed by atoms with Gasteiger partial charge in [-0.15, -0.1) is 0 Å². The number of hydrogen-bond acceptors (Lipinski definition) is 5. The summed E-state index contributed by atoms with van der Waals surface area (Å²) in [4.78, 5) is 24.1. The molecule has 1 aliphatic heterocycles. The molecule has 2 aromatic carbocycles. The van der Waals surface area contributed by atoms with E-state index < -0.39 is 11.9 Å². The van der Waals surface area contributed by atoms with Gasteiger partial charge in [0, 0.05) is 44.9 Å². The van der Waals surface area contributed by atoms with Crippen LogP contribution in [-0.4, -0.2) is 78.8 Å². The Hall–Kier alpha value is -3.42. The highest BCUT2D eigenvalue weighted by atomic mass is 16.5. The number of carbonyl (C=O) groups is 2. The molecule has 0 unspecified atom stereocenters. The quantitative estimate of drug-likeness (QED) is 0.605. The van der Waals surface area contributed by atoms with E-state index in [0.29, 0.717) is 12.2 Å². The highest BCUT2D eigenvalue weighted by Gasteiger charge is 2.19. The Morgan fingerprint density at radius 2 is 1.56 bits per heavy atom. The van der Waals surface area contributed by atoms with Crippen molar-refractivity contribution in [2.75, 3.05) is 46.9 Å². The van der Waals surface area contributed by atoms with Crippen molar-refractivity contribution in [2.45, 2.75) is 12.8 Å². The highest BCUT2D eigenvalue weighted by molar-refractivity contribution is 5.89. The number of carboxylic acids is 2. The number of methoxy groups -OCH3 is 1. The number of allylic oxidation sites excluding steroid dienone is 1. The van der Waals surface area contributed by atoms with Gasteiger partial charge in [0.2, 0.25) is 0 Å². The smallest absolute Gasteiger partial charge is 0.328 e. The third-order valence-corrected chi connectivity index (χ3v) is 6.14. The molecule has 0 radical (unpaired) electrons. The minimum absolute atomic E-state index is 0.558. The topological polar surface area (TPSA) is 90.3 Å². The molecule has 1 fully saturated rings. The Labute approximate surface area is 200 Å². The van der Waals surface area contributed by atoms with Gasteiger partial charge in [0.05, 0.1) is 7.11 Å². The Morgan fingerprint density at radius 3 is 2.15 bits per heavy atom. The predicted octanol–water partition coefficient (Wildman–Crippen LogP) is 3.65. The molecule has 1 heterocycles. The Morgan fingerprint density at radius 1 is 0.941 bits per heavy atom. The summed E-state index contributed by atoms with van der Waals surface area (Å²) >= 11 is 0. The second-order valence-electron chi connectivity index (χ2n) is 8.40. The number of nitrogens with zero attached hydrogens (tertiary/aromatic N) is 2. The summed E-state index contributed by atoms with van der Waals surface area (Å²) in [5.74, 6) is -1.60. The molecule has 7 nitrogen and oxygen atoms in total. The van der Waals surface area contributed by atoms with Gasteiger partial charge < -0.3 is 24.7 Å². The molecule has 1 aliphatic carbocycles. The lowest BCUT2D eigenvalue weighted by molar-refractivity contribution is -0.134. The maximum Gasteiger partial charge on any atom is 0.328 e. The van der Waals surface area contributed by atoms with E-state index in [2.05, 4.69) is 53.3 Å². The second-order valence-corrected chi connectivity index (χ2v) is 8.40. The van der Waals surface area contributed by atoms with Crippen molar-refractivity contribution >= 4 is 17.5 Å². The molecule has 0 atom stereocenters. The van der Waals surface area contributed by atoms with Gasteiger partial charge in [-0.2, -0.15) is 0 Å². The van der Waals surface area contributed by atoms with Gasteiger partial charge in [-0.05, 0) is 59.8 Å². The molecule has 0 bridgehead atoms. The van der Waals surface area contributed by atoms with E-state index in [9.17, 15) is 9.59 Å². The van der Waals surface area contributed by atoms with E-state index in [0.717, 1.165) is 18.6 Å². The summed E-state index contributed by atoms with van der Waals surface area (Å²) < 4.78 is 5.29. The molecule has 0 aromatic heterocycles. The van der Waals surface area contributed by atoms with Crippen LogP contribution < -0.4 is 4.74 Å². The lowest BCUT2D eigenvalue weighted by Gasteiger charge is -2.32. The maximum atomic E-state index is 9.55. The molecule has 0 amide bonds. The minimum Gasteiger partial charge on any atom is -0.497 e. The van der Waals surface area contributed by atoms with E-state index in [4.69, 9.17) is 14.9 Å². The van der Waals surface area contributed by atoms with Gasteiger partial charge in [-0.1, -0.05) is 36.4 Å². The van der Waals surface area contributed by atoms with Gasteiger partial charge in [0.15, 0.2) is 0 Å². The van der Waals surface area contributed by atoms with Crippen LogP contribution in [-0.2, 0) is 16.0 Å². The minimum atomic E-state index is -1.26. The first-order valence-corrected chi connectivity index (χ1v) is 11.4. The van der Waals surface area contributed by atoms with E-state index in [1.807, 2.05) is 12.1 Å². The molecule has 1 saturated heterocycles. The van der Waals surface area contributed by atoms with Crippen molar-refractivity contribution in [1.82, 2.24) is 9.80 Å². The van der Waals surface area contributed by atoms with Crippen molar-refractivity contribution < 1.29 is 24.5 Å². The summed E-state index contributed by atoms with van der Waals surface area (Å²) in [5, 5.41) is 15.6. The Kier molecular flexibility index (Phi) is 9.01. The molecule has 34 heavy (non-hydrogen) atoms. The molecule has 0 spiro atoms. The van der Waals surface area contributed by atoms with Crippen molar-refractivity contribution in [3.8, 4) is 16.9 Å². The number of likely N-dealkylation sites (N-methyl/N-ethyl adjacent to an activating group) is 1. The van der Waals surface area contributed by atoms with Crippen LogP contribution in [0.4, 0.5) is 0 Å². The third-order valence-electron chi connectivity index (χ3n) is 6.14. The number of aliphatic carboxylic acids is 2. The number of rotatable bonds is 7. The van der Waals surface area contributed by atoms with E-state index in [1.54, 1.807) is 7.11 Å². The fraction of sp³-hybridized carbons (Fsp3) is 0.333. The van der Waals surface area contributed by atoms with Crippen LogP contribution >= 0.6 is 0 Å². The van der Waals surface area contributed by atoms with Gasteiger partial charge >= 0.3 is 11.9 Å². The first-order chi connectivity index (χ1) is 16.4. The van der Waals surface area contributed by atoms with Crippen LogP contribution in [0.5, 0.6) is 5.75 Å². The summed E-state index contributed by atoms with van der Waals surface area (Å²) in [7, 11) is 3.93. The first kappa shape index (κ1) is 25.2. The van der Waals surface area contributed by atoms with Crippen molar-refractivity contribution in [2.24, 2.45) is 0 Å². The molecule has 2 N–H and O–H groups in total. The molecule has 2 aromatic rings. The third kappa shape index (κ3) is 7.04. The van der Waals surface area contributed by atoms with Crippen LogP contribution in [0.2, 0.25) is 0 Å². The average molecular weight is 465 g/mol. The monoisotopic (exact) mass is 464 g/mol. The van der Waals surface area contributed by atoms with E-state index in [1.165, 1.54) is 60.6 Å². The lowest BCUT2D eigenvalue weighted by atomic mass is 9.94. The van der Waals surface area contributed by atoms with Crippen LogP contribution in [0.1, 0.15) is 17.5 Å². The predicted molar refractivity (Wildman–Crippen MR) is 133 cm³/mol. The fourth-order valence-corrected chi connectivity index (χ4v) is 4.21. The first-order valence-electron chi connectivity index (χ1n) is 11.4. The number of carboxylic acid groups (broad SMARTS) is 2. The fourth-order valence-electron chi connectivity index (χ4n) is 4.21. The van der Waals surface area contributed by atoms with Gasteiger partial charge in [-0.25, -0.2) is 9.59 Å². The number of ether oxygens (including phenoxy) is 1. The molecule has 180 valence electrons. The Bertz CT molecular complexity index is 1040. The number of piperazine rings is 1. The zero-order chi connectivity index (χ0) is 24.5. The van der Waals surface area contributed by atoms with Crippen LogP contribution in [0.15, 0.2) is 60.7 Å². The summed E-state index contributed by atoms with van der Waals surface area (Å²) in [5.41, 5.74) is 7.08. The average Bonchev–Trinajstić information content (AvgIpc) is 3.26. The van der Waals surface area contributed by atoms with Gasteiger partial charge in [0.25, 0.3) is 0 Å². The molecule has 7 heteroatoms. The number of hydrogen-bond donors (Lipinski definition) is 2. The van der Waals surface area contributed by atoms with Gasteiger partial charge in [-0.3, -0.25) is 0 Å². The maximum absolute atomic E-state index is 9.55. The van der Waals surface area contributed by atoms with Crippen LogP contribution in [0.3, 0.4) is 0 Å². The molecule has 0 saturated carbocycles. The zero-order valence-corrected chi connectivity index (χ0v) is 19.7. The van der Waals surface area contributed by atoms with E-state index >= 15 is 0 Å². The van der Waals surface area contributed by atoms with Gasteiger partial charge in [0.1, 0.15) is 5.75 Å². The summed E-state index contributed by atoms with van der Waals surface area (Å²) in [6, 6.07) is 15.2. The largest absolute Gasteiger partial charge is 0.497 e. The molecular weight excluding hydrogens is 432 g/mol. The molecular formula is C27H32N2O5. The number of benzene rings is 2. The van der Waals surface area contributed by atoms with Crippen molar-refractivity contribution in [1.29, 1.82) is 0 Å². The normalized spacial score (nSPS) is 15.9. The highest BCUT2D eigenvalue weighted by Crippen LogP contribution is 2.37. The summed E-state index contributed by atoms with van der Waals surface area (Å²) in [6.45, 7) is 5.95. The van der Waals surface area contributed by atoms with Crippen LogP contribution in [0, 0.1) is 0 Å². The number of fused-ring (bicyclic) bond motifs is 1. The SMILES string of the molecule is COc1ccc(-c2cccc3c2CC=C3CCN2CCN(C)CC2)cc1.O=C(O)C=CC(=O)O. The van der Waals surface area contributed by atoms with Crippen molar-refractivity contribution in [3.63, 3.8) is 0 Å².